The first-order valence-corrected chi connectivity index (χ1v) is 6.36. The Hall–Kier alpha value is 0.270. The minimum absolute atomic E-state index is 0.139. The van der Waals surface area contributed by atoms with Crippen LogP contribution in [0.5, 0.6) is 0 Å². The standard InChI is InChI=1S/C10H21NOS/c1-3-8-4-5-10(11,7-12)6-9(8)13-2/h8-9,12H,3-7,11H2,1-2H3. The van der Waals surface area contributed by atoms with E-state index < -0.39 is 0 Å². The molecule has 3 atom stereocenters. The van der Waals surface area contributed by atoms with Crippen LogP contribution in [0, 0.1) is 5.92 Å². The molecule has 1 aliphatic rings. The lowest BCUT2D eigenvalue weighted by molar-refractivity contribution is 0.138. The summed E-state index contributed by atoms with van der Waals surface area (Å²) in [6.07, 6.45) is 6.53. The summed E-state index contributed by atoms with van der Waals surface area (Å²) in [7, 11) is 0. The quantitative estimate of drug-likeness (QED) is 0.732. The monoisotopic (exact) mass is 203 g/mol. The van der Waals surface area contributed by atoms with E-state index in [9.17, 15) is 5.11 Å². The average Bonchev–Trinajstić information content (AvgIpc) is 2.18. The molecule has 2 nitrogen and oxygen atoms in total. The second kappa shape index (κ2) is 4.67. The maximum Gasteiger partial charge on any atom is 0.0611 e. The van der Waals surface area contributed by atoms with Crippen LogP contribution in [0.25, 0.3) is 0 Å². The lowest BCUT2D eigenvalue weighted by Crippen LogP contribution is -2.50. The van der Waals surface area contributed by atoms with Crippen LogP contribution in [0.3, 0.4) is 0 Å². The predicted octanol–water partition coefficient (Wildman–Crippen LogP) is 1.62. The molecule has 3 heteroatoms. The minimum atomic E-state index is -0.292. The molecule has 0 amide bonds. The normalized spacial score (nSPS) is 40.6. The molecule has 1 aliphatic carbocycles. The number of thioether (sulfide) groups is 1. The fourth-order valence-corrected chi connectivity index (χ4v) is 3.43. The van der Waals surface area contributed by atoms with Crippen molar-refractivity contribution in [1.29, 1.82) is 0 Å². The summed E-state index contributed by atoms with van der Waals surface area (Å²) < 4.78 is 0. The largest absolute Gasteiger partial charge is 0.394 e. The third kappa shape index (κ3) is 2.61. The Kier molecular flexibility index (Phi) is 4.07. The molecule has 0 heterocycles. The van der Waals surface area contributed by atoms with E-state index in [1.165, 1.54) is 12.8 Å². The van der Waals surface area contributed by atoms with Gasteiger partial charge in [0.05, 0.1) is 6.61 Å². The Morgan fingerprint density at radius 2 is 2.31 bits per heavy atom. The summed E-state index contributed by atoms with van der Waals surface area (Å²) in [6, 6.07) is 0. The van der Waals surface area contributed by atoms with Crippen molar-refractivity contribution in [2.75, 3.05) is 12.9 Å². The molecule has 0 saturated heterocycles. The number of hydrogen-bond acceptors (Lipinski definition) is 3. The van der Waals surface area contributed by atoms with Crippen LogP contribution < -0.4 is 5.73 Å². The first kappa shape index (κ1) is 11.3. The highest BCUT2D eigenvalue weighted by molar-refractivity contribution is 7.99. The Morgan fingerprint density at radius 1 is 1.62 bits per heavy atom. The minimum Gasteiger partial charge on any atom is -0.394 e. The summed E-state index contributed by atoms with van der Waals surface area (Å²) in [5.74, 6) is 0.804. The first-order chi connectivity index (χ1) is 6.15. The zero-order valence-corrected chi connectivity index (χ0v) is 9.44. The fourth-order valence-electron chi connectivity index (χ4n) is 2.21. The highest BCUT2D eigenvalue weighted by Crippen LogP contribution is 2.37. The van der Waals surface area contributed by atoms with Crippen LogP contribution in [-0.2, 0) is 0 Å². The number of rotatable bonds is 3. The molecule has 1 rings (SSSR count). The zero-order valence-electron chi connectivity index (χ0n) is 8.62. The smallest absolute Gasteiger partial charge is 0.0611 e. The summed E-state index contributed by atoms with van der Waals surface area (Å²) in [6.45, 7) is 2.39. The van der Waals surface area contributed by atoms with Gasteiger partial charge in [-0.15, -0.1) is 0 Å². The van der Waals surface area contributed by atoms with E-state index in [1.54, 1.807) is 0 Å². The van der Waals surface area contributed by atoms with Crippen molar-refractivity contribution >= 4 is 11.8 Å². The molecule has 1 fully saturated rings. The van der Waals surface area contributed by atoms with Crippen molar-refractivity contribution in [2.24, 2.45) is 11.7 Å². The van der Waals surface area contributed by atoms with Crippen molar-refractivity contribution in [3.05, 3.63) is 0 Å². The van der Waals surface area contributed by atoms with Gasteiger partial charge in [-0.2, -0.15) is 11.8 Å². The molecule has 0 radical (unpaired) electrons. The van der Waals surface area contributed by atoms with Gasteiger partial charge in [0.25, 0.3) is 0 Å². The topological polar surface area (TPSA) is 46.2 Å². The maximum absolute atomic E-state index is 9.19. The van der Waals surface area contributed by atoms with Gasteiger partial charge in [0, 0.05) is 10.8 Å². The highest BCUT2D eigenvalue weighted by Gasteiger charge is 2.36. The number of aliphatic hydroxyl groups is 1. The molecule has 0 aromatic heterocycles. The van der Waals surface area contributed by atoms with Crippen molar-refractivity contribution in [2.45, 2.75) is 43.4 Å². The molecule has 0 aromatic carbocycles. The highest BCUT2D eigenvalue weighted by atomic mass is 32.2. The zero-order chi connectivity index (χ0) is 9.90. The molecular weight excluding hydrogens is 182 g/mol. The van der Waals surface area contributed by atoms with Gasteiger partial charge in [0.2, 0.25) is 0 Å². The number of aliphatic hydroxyl groups excluding tert-OH is 1. The second-order valence-corrected chi connectivity index (χ2v) is 5.28. The van der Waals surface area contributed by atoms with Crippen LogP contribution in [0.1, 0.15) is 32.6 Å². The Bertz CT molecular complexity index is 165. The molecule has 0 spiro atoms. The van der Waals surface area contributed by atoms with Gasteiger partial charge in [-0.3, -0.25) is 0 Å². The molecule has 0 aliphatic heterocycles. The molecule has 0 aromatic rings. The molecule has 78 valence electrons. The van der Waals surface area contributed by atoms with Crippen LogP contribution in [0.15, 0.2) is 0 Å². The predicted molar refractivity (Wildman–Crippen MR) is 58.9 cm³/mol. The lowest BCUT2D eigenvalue weighted by atomic mass is 9.76. The summed E-state index contributed by atoms with van der Waals surface area (Å²) in [5, 5.41) is 9.84. The molecule has 1 saturated carbocycles. The van der Waals surface area contributed by atoms with Gasteiger partial charge in [-0.1, -0.05) is 13.3 Å². The van der Waals surface area contributed by atoms with Crippen molar-refractivity contribution < 1.29 is 5.11 Å². The number of hydrogen-bond donors (Lipinski definition) is 2. The van der Waals surface area contributed by atoms with Crippen LogP contribution in [0.4, 0.5) is 0 Å². The van der Waals surface area contributed by atoms with Gasteiger partial charge < -0.3 is 10.8 Å². The molecular formula is C10H21NOS. The van der Waals surface area contributed by atoms with Crippen molar-refractivity contribution in [3.8, 4) is 0 Å². The van der Waals surface area contributed by atoms with E-state index in [-0.39, 0.29) is 12.1 Å². The third-order valence-corrected chi connectivity index (χ3v) is 4.45. The summed E-state index contributed by atoms with van der Waals surface area (Å²) >= 11 is 1.90. The van der Waals surface area contributed by atoms with Crippen molar-refractivity contribution in [1.82, 2.24) is 0 Å². The fraction of sp³-hybridized carbons (Fsp3) is 1.00. The van der Waals surface area contributed by atoms with Crippen LogP contribution >= 0.6 is 11.8 Å². The molecule has 3 N–H and O–H groups in total. The Labute approximate surface area is 85.3 Å². The SMILES string of the molecule is CCC1CCC(N)(CO)CC1SC. The van der Waals surface area contributed by atoms with E-state index >= 15 is 0 Å². The van der Waals surface area contributed by atoms with E-state index in [4.69, 9.17) is 5.73 Å². The van der Waals surface area contributed by atoms with E-state index in [0.717, 1.165) is 18.8 Å². The number of nitrogens with two attached hydrogens (primary N) is 1. The Balaban J connectivity index is 2.57. The maximum atomic E-state index is 9.19. The van der Waals surface area contributed by atoms with Crippen molar-refractivity contribution in [3.63, 3.8) is 0 Å². The van der Waals surface area contributed by atoms with E-state index in [0.29, 0.717) is 5.25 Å². The third-order valence-electron chi connectivity index (χ3n) is 3.29. The average molecular weight is 203 g/mol. The molecule has 13 heavy (non-hydrogen) atoms. The van der Waals surface area contributed by atoms with Gasteiger partial charge in [0.15, 0.2) is 0 Å². The second-order valence-electron chi connectivity index (χ2n) is 4.21. The van der Waals surface area contributed by atoms with Gasteiger partial charge in [-0.05, 0) is 31.4 Å². The lowest BCUT2D eigenvalue weighted by Gasteiger charge is -2.40. The summed E-state index contributed by atoms with van der Waals surface area (Å²) in [5.41, 5.74) is 5.79. The van der Waals surface area contributed by atoms with Crippen LogP contribution in [-0.4, -0.2) is 28.8 Å². The summed E-state index contributed by atoms with van der Waals surface area (Å²) in [4.78, 5) is 0. The first-order valence-electron chi connectivity index (χ1n) is 5.07. The molecule has 0 bridgehead atoms. The van der Waals surface area contributed by atoms with Gasteiger partial charge in [-0.25, -0.2) is 0 Å². The van der Waals surface area contributed by atoms with Gasteiger partial charge >= 0.3 is 0 Å². The van der Waals surface area contributed by atoms with Gasteiger partial charge in [0.1, 0.15) is 0 Å². The van der Waals surface area contributed by atoms with E-state index in [2.05, 4.69) is 13.2 Å². The Morgan fingerprint density at radius 3 is 2.77 bits per heavy atom. The van der Waals surface area contributed by atoms with E-state index in [1.807, 2.05) is 11.8 Å². The van der Waals surface area contributed by atoms with Crippen LogP contribution in [0.2, 0.25) is 0 Å². The molecule has 3 unspecified atom stereocenters.